The minimum Gasteiger partial charge on any atom is -0.469 e. The van der Waals surface area contributed by atoms with Crippen molar-refractivity contribution in [3.8, 4) is 0 Å². The second-order valence-corrected chi connectivity index (χ2v) is 6.76. The van der Waals surface area contributed by atoms with Gasteiger partial charge in [0.05, 0.1) is 13.5 Å². The molecule has 1 aliphatic carbocycles. The van der Waals surface area contributed by atoms with E-state index >= 15 is 0 Å². The van der Waals surface area contributed by atoms with Crippen molar-refractivity contribution in [3.63, 3.8) is 0 Å². The normalized spacial score (nSPS) is 13.3. The van der Waals surface area contributed by atoms with Crippen molar-refractivity contribution in [3.05, 3.63) is 41.0 Å². The highest BCUT2D eigenvalue weighted by Gasteiger charge is 2.19. The van der Waals surface area contributed by atoms with Crippen molar-refractivity contribution >= 4 is 17.5 Å². The van der Waals surface area contributed by atoms with Gasteiger partial charge in [-0.2, -0.15) is 0 Å². The molecule has 0 N–H and O–H groups in total. The lowest BCUT2D eigenvalue weighted by Gasteiger charge is -2.19. The minimum atomic E-state index is -0.453. The number of esters is 2. The Kier molecular flexibility index (Phi) is 5.24. The molecule has 0 saturated heterocycles. The lowest BCUT2D eigenvalue weighted by Crippen LogP contribution is -2.24. The third-order valence-electron chi connectivity index (χ3n) is 3.69. The maximum atomic E-state index is 11.8. The number of aryl methyl sites for hydroxylation is 1. The molecule has 0 radical (unpaired) electrons. The summed E-state index contributed by atoms with van der Waals surface area (Å²) in [6.45, 7) is 5.60. The molecule has 0 unspecified atom stereocenters. The molecular formula is C19H24O4. The molecule has 1 aromatic rings. The third-order valence-corrected chi connectivity index (χ3v) is 3.69. The van der Waals surface area contributed by atoms with Crippen LogP contribution in [-0.4, -0.2) is 24.6 Å². The lowest BCUT2D eigenvalue weighted by molar-refractivity contribution is -0.154. The largest absolute Gasteiger partial charge is 0.469 e. The Morgan fingerprint density at radius 1 is 1.17 bits per heavy atom. The van der Waals surface area contributed by atoms with Gasteiger partial charge in [0.15, 0.2) is 0 Å². The van der Waals surface area contributed by atoms with Gasteiger partial charge in [-0.1, -0.05) is 24.3 Å². The van der Waals surface area contributed by atoms with Gasteiger partial charge < -0.3 is 9.47 Å². The number of rotatable bonds is 5. The van der Waals surface area contributed by atoms with Crippen molar-refractivity contribution in [1.82, 2.24) is 0 Å². The molecule has 0 heterocycles. The number of hydrogen-bond acceptors (Lipinski definition) is 4. The maximum absolute atomic E-state index is 11.8. The highest BCUT2D eigenvalue weighted by molar-refractivity contribution is 5.87. The quantitative estimate of drug-likeness (QED) is 0.781. The van der Waals surface area contributed by atoms with E-state index in [4.69, 9.17) is 9.47 Å². The third kappa shape index (κ3) is 4.95. The van der Waals surface area contributed by atoms with Gasteiger partial charge >= 0.3 is 11.9 Å². The smallest absolute Gasteiger partial charge is 0.309 e. The van der Waals surface area contributed by atoms with Crippen LogP contribution in [0.4, 0.5) is 0 Å². The molecule has 0 amide bonds. The van der Waals surface area contributed by atoms with Crippen molar-refractivity contribution in [2.24, 2.45) is 0 Å². The molecule has 0 aliphatic heterocycles. The fraction of sp³-hybridized carbons (Fsp3) is 0.474. The molecule has 4 nitrogen and oxygen atoms in total. The van der Waals surface area contributed by atoms with Crippen molar-refractivity contribution < 1.29 is 19.1 Å². The van der Waals surface area contributed by atoms with E-state index in [1.165, 1.54) is 12.7 Å². The van der Waals surface area contributed by atoms with E-state index in [0.29, 0.717) is 19.3 Å². The molecule has 0 aromatic heterocycles. The molecule has 0 bridgehead atoms. The fourth-order valence-electron chi connectivity index (χ4n) is 2.63. The molecule has 0 spiro atoms. The molecule has 2 rings (SSSR count). The Morgan fingerprint density at radius 3 is 2.57 bits per heavy atom. The van der Waals surface area contributed by atoms with E-state index in [1.54, 1.807) is 0 Å². The van der Waals surface area contributed by atoms with Crippen LogP contribution in [0.5, 0.6) is 0 Å². The fourth-order valence-corrected chi connectivity index (χ4v) is 2.63. The topological polar surface area (TPSA) is 52.6 Å². The molecule has 4 heteroatoms. The molecule has 1 aromatic carbocycles. The summed E-state index contributed by atoms with van der Waals surface area (Å²) >= 11 is 0. The molecule has 124 valence electrons. The lowest BCUT2D eigenvalue weighted by atomic mass is 9.98. The first-order valence-electron chi connectivity index (χ1n) is 7.88. The van der Waals surface area contributed by atoms with E-state index in [-0.39, 0.29) is 11.9 Å². The summed E-state index contributed by atoms with van der Waals surface area (Å²) in [5, 5.41) is 0. The van der Waals surface area contributed by atoms with Gasteiger partial charge in [-0.3, -0.25) is 9.59 Å². The predicted molar refractivity (Wildman–Crippen MR) is 88.9 cm³/mol. The van der Waals surface area contributed by atoms with Crippen LogP contribution in [0.1, 0.15) is 50.3 Å². The van der Waals surface area contributed by atoms with E-state index in [0.717, 1.165) is 23.1 Å². The molecule has 23 heavy (non-hydrogen) atoms. The van der Waals surface area contributed by atoms with Gasteiger partial charge in [-0.05, 0) is 55.9 Å². The molecule has 0 atom stereocenters. The van der Waals surface area contributed by atoms with Crippen molar-refractivity contribution in [2.75, 3.05) is 7.11 Å². The SMILES string of the molecule is COC(=O)CC1=CCc2ccc(CCC(=O)OC(C)(C)C)cc21. The first kappa shape index (κ1) is 17.3. The van der Waals surface area contributed by atoms with Crippen molar-refractivity contribution in [2.45, 2.75) is 52.1 Å². The van der Waals surface area contributed by atoms with Crippen LogP contribution in [0.15, 0.2) is 24.3 Å². The highest BCUT2D eigenvalue weighted by atomic mass is 16.6. The zero-order chi connectivity index (χ0) is 17.0. The van der Waals surface area contributed by atoms with Gasteiger partial charge in [-0.15, -0.1) is 0 Å². The van der Waals surface area contributed by atoms with Crippen LogP contribution >= 0.6 is 0 Å². The Morgan fingerprint density at radius 2 is 1.91 bits per heavy atom. The Labute approximate surface area is 137 Å². The van der Waals surface area contributed by atoms with E-state index in [9.17, 15) is 9.59 Å². The number of hydrogen-bond donors (Lipinski definition) is 0. The summed E-state index contributed by atoms with van der Waals surface area (Å²) in [5.74, 6) is -0.424. The number of carbonyl (C=O) groups is 2. The van der Waals surface area contributed by atoms with E-state index < -0.39 is 5.60 Å². The number of ether oxygens (including phenoxy) is 2. The highest BCUT2D eigenvalue weighted by Crippen LogP contribution is 2.31. The Bertz CT molecular complexity index is 635. The molecular weight excluding hydrogens is 292 g/mol. The summed E-state index contributed by atoms with van der Waals surface area (Å²) in [6.07, 6.45) is 4.19. The molecule has 1 aliphatic rings. The average Bonchev–Trinajstić information content (AvgIpc) is 2.85. The van der Waals surface area contributed by atoms with Crippen LogP contribution in [0.3, 0.4) is 0 Å². The van der Waals surface area contributed by atoms with Crippen LogP contribution < -0.4 is 0 Å². The number of carbonyl (C=O) groups excluding carboxylic acids is 2. The molecule has 0 saturated carbocycles. The zero-order valence-corrected chi connectivity index (χ0v) is 14.3. The first-order chi connectivity index (χ1) is 10.8. The summed E-state index contributed by atoms with van der Waals surface area (Å²) < 4.78 is 10.1. The van der Waals surface area contributed by atoms with Crippen LogP contribution in [0.2, 0.25) is 0 Å². The summed E-state index contributed by atoms with van der Waals surface area (Å²) in [7, 11) is 1.40. The van der Waals surface area contributed by atoms with Gasteiger partial charge in [0.25, 0.3) is 0 Å². The average molecular weight is 316 g/mol. The van der Waals surface area contributed by atoms with Crippen LogP contribution in [0.25, 0.3) is 5.57 Å². The number of fused-ring (bicyclic) bond motifs is 1. The summed E-state index contributed by atoms with van der Waals surface area (Å²) in [5.41, 5.74) is 3.94. The van der Waals surface area contributed by atoms with Gasteiger partial charge in [-0.25, -0.2) is 0 Å². The first-order valence-corrected chi connectivity index (χ1v) is 7.88. The van der Waals surface area contributed by atoms with Gasteiger partial charge in [0, 0.05) is 6.42 Å². The standard InChI is InChI=1S/C19H24O4/c1-19(2,3)23-17(20)10-6-13-5-7-14-8-9-15(16(14)11-13)12-18(21)22-4/h5,7,9,11H,6,8,10,12H2,1-4H3. The number of benzene rings is 1. The van der Waals surface area contributed by atoms with Gasteiger partial charge in [0.1, 0.15) is 5.60 Å². The van der Waals surface area contributed by atoms with Crippen LogP contribution in [-0.2, 0) is 31.9 Å². The monoisotopic (exact) mass is 316 g/mol. The van der Waals surface area contributed by atoms with Crippen LogP contribution in [0, 0.1) is 0 Å². The minimum absolute atomic E-state index is 0.191. The summed E-state index contributed by atoms with van der Waals surface area (Å²) in [4.78, 5) is 23.3. The Balaban J connectivity index is 2.01. The van der Waals surface area contributed by atoms with E-state index in [1.807, 2.05) is 26.8 Å². The number of allylic oxidation sites excluding steroid dienone is 1. The van der Waals surface area contributed by atoms with Crippen molar-refractivity contribution in [1.29, 1.82) is 0 Å². The second kappa shape index (κ2) is 6.99. The second-order valence-electron chi connectivity index (χ2n) is 6.76. The maximum Gasteiger partial charge on any atom is 0.309 e. The van der Waals surface area contributed by atoms with E-state index in [2.05, 4.69) is 18.2 Å². The molecule has 0 fully saturated rings. The Hall–Kier alpha value is -2.10. The predicted octanol–water partition coefficient (Wildman–Crippen LogP) is 3.46. The number of methoxy groups -OCH3 is 1. The summed E-state index contributed by atoms with van der Waals surface area (Å²) in [6, 6.07) is 6.18. The van der Waals surface area contributed by atoms with Gasteiger partial charge in [0.2, 0.25) is 0 Å². The zero-order valence-electron chi connectivity index (χ0n) is 14.3.